The van der Waals surface area contributed by atoms with Gasteiger partial charge in [0.25, 0.3) is 5.91 Å². The van der Waals surface area contributed by atoms with Crippen LogP contribution >= 0.6 is 11.3 Å². The maximum atomic E-state index is 13.3. The van der Waals surface area contributed by atoms with E-state index in [4.69, 9.17) is 4.74 Å². The van der Waals surface area contributed by atoms with Crippen LogP contribution in [-0.4, -0.2) is 61.5 Å². The van der Waals surface area contributed by atoms with Gasteiger partial charge in [0.2, 0.25) is 5.91 Å². The number of carbonyl (C=O) groups excluding carboxylic acids is 2. The van der Waals surface area contributed by atoms with Crippen LogP contribution in [0.25, 0.3) is 0 Å². The van der Waals surface area contributed by atoms with E-state index in [1.54, 1.807) is 24.1 Å². The summed E-state index contributed by atoms with van der Waals surface area (Å²) in [5.41, 5.74) is 0.991. The van der Waals surface area contributed by atoms with Gasteiger partial charge in [-0.25, -0.2) is 4.39 Å². The zero-order valence-electron chi connectivity index (χ0n) is 16.8. The number of likely N-dealkylation sites (tertiary alicyclic amines) is 1. The van der Waals surface area contributed by atoms with E-state index in [1.807, 2.05) is 22.4 Å². The SMILES string of the molecule is COCC(=O)N(C)[C@@H](Cc1ccc(F)cc1)C1CCN(C(=O)c2cccs2)CC1. The van der Waals surface area contributed by atoms with Crippen LogP contribution < -0.4 is 0 Å². The van der Waals surface area contributed by atoms with Crippen molar-refractivity contribution in [2.75, 3.05) is 33.9 Å². The Morgan fingerprint density at radius 3 is 2.52 bits per heavy atom. The van der Waals surface area contributed by atoms with Crippen molar-refractivity contribution in [2.24, 2.45) is 5.92 Å². The minimum atomic E-state index is -0.269. The molecule has 156 valence electrons. The lowest BCUT2D eigenvalue weighted by molar-refractivity contribution is -0.137. The third kappa shape index (κ3) is 5.42. The Kier molecular flexibility index (Phi) is 7.39. The Labute approximate surface area is 175 Å². The van der Waals surface area contributed by atoms with Crippen LogP contribution in [0.4, 0.5) is 4.39 Å². The number of halogens is 1. The molecule has 2 heterocycles. The number of thiophene rings is 1. The Morgan fingerprint density at radius 2 is 1.93 bits per heavy atom. The molecule has 1 aliphatic rings. The average Bonchev–Trinajstić information content (AvgIpc) is 3.27. The van der Waals surface area contributed by atoms with Crippen molar-refractivity contribution < 1.29 is 18.7 Å². The highest BCUT2D eigenvalue weighted by molar-refractivity contribution is 7.12. The van der Waals surface area contributed by atoms with Gasteiger partial charge in [0.1, 0.15) is 12.4 Å². The van der Waals surface area contributed by atoms with Crippen molar-refractivity contribution in [3.63, 3.8) is 0 Å². The molecule has 1 atom stereocenters. The van der Waals surface area contributed by atoms with Crippen molar-refractivity contribution in [2.45, 2.75) is 25.3 Å². The third-order valence-corrected chi connectivity index (χ3v) is 6.48. The fraction of sp³-hybridized carbons (Fsp3) is 0.455. The first-order valence-corrected chi connectivity index (χ1v) is 10.7. The number of likely N-dealkylation sites (N-methyl/N-ethyl adjacent to an activating group) is 1. The number of methoxy groups -OCH3 is 1. The average molecular weight is 419 g/mol. The lowest BCUT2D eigenvalue weighted by Crippen LogP contribution is -2.49. The summed E-state index contributed by atoms with van der Waals surface area (Å²) in [4.78, 5) is 29.5. The number of hydrogen-bond acceptors (Lipinski definition) is 4. The van der Waals surface area contributed by atoms with Crippen LogP contribution in [0.1, 0.15) is 28.1 Å². The molecule has 0 unspecified atom stereocenters. The van der Waals surface area contributed by atoms with E-state index in [1.165, 1.54) is 30.6 Å². The summed E-state index contributed by atoms with van der Waals surface area (Å²) in [6.07, 6.45) is 2.30. The molecule has 0 aliphatic carbocycles. The summed E-state index contributed by atoms with van der Waals surface area (Å²) in [6.45, 7) is 1.38. The zero-order valence-corrected chi connectivity index (χ0v) is 17.7. The predicted molar refractivity (Wildman–Crippen MR) is 111 cm³/mol. The molecule has 1 aromatic heterocycles. The number of nitrogens with zero attached hydrogens (tertiary/aromatic N) is 2. The van der Waals surface area contributed by atoms with Crippen LogP contribution in [0.3, 0.4) is 0 Å². The zero-order chi connectivity index (χ0) is 20.8. The van der Waals surface area contributed by atoms with Gasteiger partial charge in [-0.1, -0.05) is 18.2 Å². The van der Waals surface area contributed by atoms with E-state index < -0.39 is 0 Å². The second-order valence-electron chi connectivity index (χ2n) is 7.44. The van der Waals surface area contributed by atoms with Gasteiger partial charge in [-0.15, -0.1) is 11.3 Å². The molecule has 0 bridgehead atoms. The molecule has 1 aliphatic heterocycles. The molecule has 1 saturated heterocycles. The van der Waals surface area contributed by atoms with Crippen molar-refractivity contribution >= 4 is 23.2 Å². The fourth-order valence-corrected chi connectivity index (χ4v) is 4.63. The number of amides is 2. The van der Waals surface area contributed by atoms with Crippen LogP contribution in [0.2, 0.25) is 0 Å². The van der Waals surface area contributed by atoms with Gasteiger partial charge in [-0.2, -0.15) is 0 Å². The van der Waals surface area contributed by atoms with Crippen molar-refractivity contribution in [3.05, 3.63) is 58.0 Å². The first-order chi connectivity index (χ1) is 14.0. The molecular formula is C22H27FN2O3S. The molecule has 5 nitrogen and oxygen atoms in total. The van der Waals surface area contributed by atoms with E-state index >= 15 is 0 Å². The second kappa shape index (κ2) is 9.98. The highest BCUT2D eigenvalue weighted by Gasteiger charge is 2.33. The lowest BCUT2D eigenvalue weighted by Gasteiger charge is -2.40. The molecule has 2 aromatic rings. The molecule has 29 heavy (non-hydrogen) atoms. The minimum absolute atomic E-state index is 0.0258. The van der Waals surface area contributed by atoms with Crippen molar-refractivity contribution in [1.29, 1.82) is 0 Å². The Bertz CT molecular complexity index is 802. The molecule has 0 spiro atoms. The Hall–Kier alpha value is -2.25. The number of carbonyl (C=O) groups is 2. The molecular weight excluding hydrogens is 391 g/mol. The van der Waals surface area contributed by atoms with E-state index in [0.29, 0.717) is 19.5 Å². The summed E-state index contributed by atoms with van der Waals surface area (Å²) in [5, 5.41) is 1.91. The van der Waals surface area contributed by atoms with Gasteiger partial charge < -0.3 is 14.5 Å². The van der Waals surface area contributed by atoms with Gasteiger partial charge in [-0.05, 0) is 54.3 Å². The van der Waals surface area contributed by atoms with Crippen molar-refractivity contribution in [3.8, 4) is 0 Å². The molecule has 0 N–H and O–H groups in total. The number of piperidine rings is 1. The van der Waals surface area contributed by atoms with Gasteiger partial charge in [0.15, 0.2) is 0 Å². The van der Waals surface area contributed by atoms with Crippen LogP contribution in [0.5, 0.6) is 0 Å². The number of rotatable bonds is 7. The Morgan fingerprint density at radius 1 is 1.24 bits per heavy atom. The van der Waals surface area contributed by atoms with Gasteiger partial charge in [-0.3, -0.25) is 9.59 Å². The normalized spacial score (nSPS) is 15.9. The Balaban J connectivity index is 1.69. The van der Waals surface area contributed by atoms with Gasteiger partial charge in [0, 0.05) is 33.3 Å². The highest BCUT2D eigenvalue weighted by Crippen LogP contribution is 2.28. The summed E-state index contributed by atoms with van der Waals surface area (Å²) in [7, 11) is 3.31. The third-order valence-electron chi connectivity index (χ3n) is 5.62. The lowest BCUT2D eigenvalue weighted by atomic mass is 9.85. The first kappa shape index (κ1) is 21.5. The van der Waals surface area contributed by atoms with Crippen molar-refractivity contribution in [1.82, 2.24) is 9.80 Å². The van der Waals surface area contributed by atoms with E-state index in [2.05, 4.69) is 0 Å². The molecule has 0 radical (unpaired) electrons. The summed E-state index contributed by atoms with van der Waals surface area (Å²) in [6, 6.07) is 10.2. The maximum absolute atomic E-state index is 13.3. The second-order valence-corrected chi connectivity index (χ2v) is 8.39. The summed E-state index contributed by atoms with van der Waals surface area (Å²) >= 11 is 1.46. The molecule has 0 saturated carbocycles. The quantitative estimate of drug-likeness (QED) is 0.692. The standard InChI is InChI=1S/C22H27FN2O3S/c1-24(21(26)15-28-2)19(14-16-5-7-18(23)8-6-16)17-9-11-25(12-10-17)22(27)20-4-3-13-29-20/h3-8,13,17,19H,9-12,14-15H2,1-2H3/t19-/m0/s1. The molecule has 1 fully saturated rings. The fourth-order valence-electron chi connectivity index (χ4n) is 3.94. The minimum Gasteiger partial charge on any atom is -0.375 e. The summed E-state index contributed by atoms with van der Waals surface area (Å²) < 4.78 is 18.3. The topological polar surface area (TPSA) is 49.9 Å². The van der Waals surface area contributed by atoms with Crippen LogP contribution in [-0.2, 0) is 16.0 Å². The molecule has 1 aromatic carbocycles. The molecule has 3 rings (SSSR count). The maximum Gasteiger partial charge on any atom is 0.263 e. The number of hydrogen-bond donors (Lipinski definition) is 0. The van der Waals surface area contributed by atoms with Crippen LogP contribution in [0.15, 0.2) is 41.8 Å². The highest BCUT2D eigenvalue weighted by atomic mass is 32.1. The number of ether oxygens (including phenoxy) is 1. The molecule has 7 heteroatoms. The largest absolute Gasteiger partial charge is 0.375 e. The summed E-state index contributed by atoms with van der Waals surface area (Å²) in [5.74, 6) is 0.00167. The van der Waals surface area contributed by atoms with Crippen LogP contribution in [0, 0.1) is 11.7 Å². The first-order valence-electron chi connectivity index (χ1n) is 9.81. The number of benzene rings is 1. The monoisotopic (exact) mass is 418 g/mol. The van der Waals surface area contributed by atoms with E-state index in [-0.39, 0.29) is 36.2 Å². The van der Waals surface area contributed by atoms with Gasteiger partial charge >= 0.3 is 0 Å². The predicted octanol–water partition coefficient (Wildman–Crippen LogP) is 3.46. The van der Waals surface area contributed by atoms with E-state index in [0.717, 1.165) is 23.3 Å². The molecule has 2 amide bonds. The van der Waals surface area contributed by atoms with Gasteiger partial charge in [0.05, 0.1) is 4.88 Å². The van der Waals surface area contributed by atoms with E-state index in [9.17, 15) is 14.0 Å². The smallest absolute Gasteiger partial charge is 0.263 e.